The predicted octanol–water partition coefficient (Wildman–Crippen LogP) is 2.78. The van der Waals surface area contributed by atoms with Crippen molar-refractivity contribution in [3.63, 3.8) is 0 Å². The first-order valence-corrected chi connectivity index (χ1v) is 8.05. The molecule has 0 saturated carbocycles. The number of nitrogens with zero attached hydrogens (tertiary/aromatic N) is 3. The SMILES string of the molecule is CN(/N=C(\Cl)c1ccc(C#N)cc1)S(=O)(=O)c1ccccc1. The van der Waals surface area contributed by atoms with E-state index in [1.54, 1.807) is 42.5 Å². The molecule has 0 heterocycles. The molecule has 0 unspecified atom stereocenters. The van der Waals surface area contributed by atoms with Crippen LogP contribution in [0.15, 0.2) is 64.6 Å². The second-order valence-corrected chi connectivity index (χ2v) is 6.64. The Morgan fingerprint density at radius 1 is 1.14 bits per heavy atom. The minimum atomic E-state index is -3.75. The molecule has 0 fully saturated rings. The van der Waals surface area contributed by atoms with Gasteiger partial charge in [-0.05, 0) is 24.3 Å². The van der Waals surface area contributed by atoms with Crippen LogP contribution in [0.2, 0.25) is 0 Å². The summed E-state index contributed by atoms with van der Waals surface area (Å²) in [5, 5.41) is 12.7. The molecule has 0 saturated heterocycles. The molecule has 0 aliphatic rings. The summed E-state index contributed by atoms with van der Waals surface area (Å²) in [4.78, 5) is 0.130. The van der Waals surface area contributed by atoms with Crippen molar-refractivity contribution in [3.8, 4) is 6.07 Å². The van der Waals surface area contributed by atoms with Gasteiger partial charge < -0.3 is 0 Å². The van der Waals surface area contributed by atoms with Gasteiger partial charge in [0.05, 0.1) is 16.5 Å². The van der Waals surface area contributed by atoms with E-state index in [-0.39, 0.29) is 10.1 Å². The molecule has 7 heteroatoms. The topological polar surface area (TPSA) is 73.5 Å². The van der Waals surface area contributed by atoms with Gasteiger partial charge in [0.1, 0.15) is 0 Å². The molecule has 2 aromatic rings. The number of hydrazone groups is 1. The highest BCUT2D eigenvalue weighted by Gasteiger charge is 2.19. The Balaban J connectivity index is 2.29. The van der Waals surface area contributed by atoms with Gasteiger partial charge in [0.2, 0.25) is 0 Å². The zero-order chi connectivity index (χ0) is 16.2. The molecule has 2 rings (SSSR count). The number of hydrogen-bond donors (Lipinski definition) is 0. The van der Waals surface area contributed by atoms with E-state index in [0.717, 1.165) is 4.41 Å². The zero-order valence-electron chi connectivity index (χ0n) is 11.6. The van der Waals surface area contributed by atoms with Crippen LogP contribution in [0.1, 0.15) is 11.1 Å². The van der Waals surface area contributed by atoms with Crippen molar-refractivity contribution in [1.29, 1.82) is 5.26 Å². The molecule has 112 valence electrons. The van der Waals surface area contributed by atoms with Crippen molar-refractivity contribution in [1.82, 2.24) is 4.41 Å². The Labute approximate surface area is 134 Å². The highest BCUT2D eigenvalue weighted by atomic mass is 35.5. The van der Waals surface area contributed by atoms with Crippen LogP contribution in [0.5, 0.6) is 0 Å². The number of halogens is 1. The lowest BCUT2D eigenvalue weighted by Crippen LogP contribution is -2.22. The molecule has 0 aliphatic heterocycles. The van der Waals surface area contributed by atoms with Crippen LogP contribution in [-0.2, 0) is 10.0 Å². The molecule has 0 atom stereocenters. The van der Waals surface area contributed by atoms with Gasteiger partial charge in [0.15, 0.2) is 5.17 Å². The average Bonchev–Trinajstić information content (AvgIpc) is 2.55. The number of benzene rings is 2. The third-order valence-electron chi connectivity index (χ3n) is 2.87. The van der Waals surface area contributed by atoms with Crippen LogP contribution in [0, 0.1) is 11.3 Å². The average molecular weight is 334 g/mol. The molecular weight excluding hydrogens is 322 g/mol. The largest absolute Gasteiger partial charge is 0.278 e. The summed E-state index contributed by atoms with van der Waals surface area (Å²) < 4.78 is 25.5. The number of rotatable bonds is 4. The number of hydrogen-bond acceptors (Lipinski definition) is 4. The van der Waals surface area contributed by atoms with Gasteiger partial charge in [0.25, 0.3) is 10.0 Å². The molecule has 0 aliphatic carbocycles. The fourth-order valence-electron chi connectivity index (χ4n) is 1.66. The molecule has 0 spiro atoms. The van der Waals surface area contributed by atoms with Crippen LogP contribution >= 0.6 is 11.6 Å². The third kappa shape index (κ3) is 3.45. The number of nitriles is 1. The minimum Gasteiger partial charge on any atom is -0.200 e. The molecule has 0 bridgehead atoms. The van der Waals surface area contributed by atoms with E-state index in [0.29, 0.717) is 11.1 Å². The Morgan fingerprint density at radius 3 is 2.27 bits per heavy atom. The monoisotopic (exact) mass is 333 g/mol. The third-order valence-corrected chi connectivity index (χ3v) is 4.81. The smallest absolute Gasteiger partial charge is 0.200 e. The van der Waals surface area contributed by atoms with Crippen molar-refractivity contribution in [2.45, 2.75) is 4.90 Å². The molecule has 0 N–H and O–H groups in total. The van der Waals surface area contributed by atoms with Crippen LogP contribution in [0.3, 0.4) is 0 Å². The Bertz CT molecular complexity index is 825. The van der Waals surface area contributed by atoms with E-state index in [9.17, 15) is 8.42 Å². The lowest BCUT2D eigenvalue weighted by atomic mass is 10.2. The standard InChI is InChI=1S/C15H12ClN3O2S/c1-19(22(20,21)14-5-3-2-4-6-14)18-15(16)13-9-7-12(11-17)8-10-13/h2-10H,1H3/b18-15-. The van der Waals surface area contributed by atoms with Crippen LogP contribution in [0.25, 0.3) is 0 Å². The Morgan fingerprint density at radius 2 is 1.73 bits per heavy atom. The van der Waals surface area contributed by atoms with Gasteiger partial charge in [-0.25, -0.2) is 0 Å². The van der Waals surface area contributed by atoms with Crippen molar-refractivity contribution in [2.24, 2.45) is 5.10 Å². The van der Waals surface area contributed by atoms with Crippen molar-refractivity contribution in [2.75, 3.05) is 7.05 Å². The molecule has 0 aromatic heterocycles. The first kappa shape index (κ1) is 16.0. The predicted molar refractivity (Wildman–Crippen MR) is 84.9 cm³/mol. The summed E-state index contributed by atoms with van der Waals surface area (Å²) in [6.07, 6.45) is 0. The molecular formula is C15H12ClN3O2S. The van der Waals surface area contributed by atoms with Crippen molar-refractivity contribution >= 4 is 26.8 Å². The Hall–Kier alpha value is -2.36. The summed E-state index contributed by atoms with van der Waals surface area (Å²) >= 11 is 6.05. The van der Waals surface area contributed by atoms with Gasteiger partial charge in [-0.3, -0.25) is 0 Å². The highest BCUT2D eigenvalue weighted by molar-refractivity contribution is 7.89. The summed E-state index contributed by atoms with van der Waals surface area (Å²) in [7, 11) is -2.43. The zero-order valence-corrected chi connectivity index (χ0v) is 13.2. The maximum absolute atomic E-state index is 12.3. The van der Waals surface area contributed by atoms with Crippen molar-refractivity contribution < 1.29 is 8.42 Å². The van der Waals surface area contributed by atoms with E-state index in [2.05, 4.69) is 5.10 Å². The Kier molecular flexibility index (Phi) is 4.81. The second-order valence-electron chi connectivity index (χ2n) is 4.33. The first-order valence-electron chi connectivity index (χ1n) is 6.24. The fraction of sp³-hybridized carbons (Fsp3) is 0.0667. The van der Waals surface area contributed by atoms with Crippen LogP contribution in [0.4, 0.5) is 0 Å². The summed E-state index contributed by atoms with van der Waals surface area (Å²) in [5.74, 6) is 0. The molecule has 5 nitrogen and oxygen atoms in total. The summed E-state index contributed by atoms with van der Waals surface area (Å²) in [5.41, 5.74) is 1.01. The van der Waals surface area contributed by atoms with E-state index in [4.69, 9.17) is 16.9 Å². The van der Waals surface area contributed by atoms with Gasteiger partial charge in [-0.1, -0.05) is 41.9 Å². The fourth-order valence-corrected chi connectivity index (χ4v) is 2.94. The van der Waals surface area contributed by atoms with E-state index < -0.39 is 10.0 Å². The summed E-state index contributed by atoms with van der Waals surface area (Å²) in [6, 6.07) is 16.3. The molecule has 22 heavy (non-hydrogen) atoms. The van der Waals surface area contributed by atoms with E-state index in [1.165, 1.54) is 19.2 Å². The lowest BCUT2D eigenvalue weighted by molar-refractivity contribution is 0.490. The van der Waals surface area contributed by atoms with Crippen LogP contribution < -0.4 is 0 Å². The highest BCUT2D eigenvalue weighted by Crippen LogP contribution is 2.16. The van der Waals surface area contributed by atoms with Crippen molar-refractivity contribution in [3.05, 3.63) is 65.7 Å². The van der Waals surface area contributed by atoms with Crippen LogP contribution in [-0.4, -0.2) is 25.1 Å². The van der Waals surface area contributed by atoms with E-state index in [1.807, 2.05) is 6.07 Å². The lowest BCUT2D eigenvalue weighted by Gasteiger charge is -2.14. The van der Waals surface area contributed by atoms with Gasteiger partial charge >= 0.3 is 0 Å². The van der Waals surface area contributed by atoms with E-state index >= 15 is 0 Å². The summed E-state index contributed by atoms with van der Waals surface area (Å²) in [6.45, 7) is 0. The molecule has 0 radical (unpaired) electrons. The molecule has 0 amide bonds. The minimum absolute atomic E-state index is 0.0199. The maximum atomic E-state index is 12.3. The normalized spacial score (nSPS) is 11.8. The van der Waals surface area contributed by atoms with Gasteiger partial charge in [-0.2, -0.15) is 18.1 Å². The first-order chi connectivity index (χ1) is 10.4. The maximum Gasteiger partial charge on any atom is 0.278 e. The van der Waals surface area contributed by atoms with Gasteiger partial charge in [0, 0.05) is 12.6 Å². The number of sulfonamides is 1. The second kappa shape index (κ2) is 6.60. The molecule has 2 aromatic carbocycles. The quantitative estimate of drug-likeness (QED) is 0.638. The van der Waals surface area contributed by atoms with Gasteiger partial charge in [-0.15, -0.1) is 5.10 Å².